The van der Waals surface area contributed by atoms with E-state index in [-0.39, 0.29) is 0 Å². The molecule has 0 aliphatic carbocycles. The van der Waals surface area contributed by atoms with Crippen LogP contribution in [-0.2, 0) is 0 Å². The molecule has 0 radical (unpaired) electrons. The van der Waals surface area contributed by atoms with Crippen LogP contribution < -0.4 is 4.90 Å². The van der Waals surface area contributed by atoms with Crippen LogP contribution in [0.2, 0.25) is 0 Å². The Balaban J connectivity index is 1.49. The smallest absolute Gasteiger partial charge is 0.136 e. The standard InChI is InChI=1S/C32H21NO/c1-3-9-24(10-4-1)33(25-11-5-2-6-12-25)26-18-17-22-15-16-23-19-30-27-13-7-8-14-31(27)34-32(30)21-29(23)28(22)20-26/h1-21H. The number of furan rings is 1. The maximum absolute atomic E-state index is 6.22. The molecule has 0 aliphatic rings. The summed E-state index contributed by atoms with van der Waals surface area (Å²) in [7, 11) is 0. The van der Waals surface area contributed by atoms with Crippen molar-refractivity contribution >= 4 is 60.5 Å². The van der Waals surface area contributed by atoms with Crippen LogP contribution in [0.1, 0.15) is 0 Å². The Labute approximate surface area is 197 Å². The van der Waals surface area contributed by atoms with Crippen molar-refractivity contribution in [2.45, 2.75) is 0 Å². The van der Waals surface area contributed by atoms with E-state index in [9.17, 15) is 0 Å². The fraction of sp³-hybridized carbons (Fsp3) is 0. The predicted molar refractivity (Wildman–Crippen MR) is 143 cm³/mol. The molecule has 160 valence electrons. The van der Waals surface area contributed by atoms with Gasteiger partial charge < -0.3 is 9.32 Å². The summed E-state index contributed by atoms with van der Waals surface area (Å²) < 4.78 is 6.22. The maximum atomic E-state index is 6.22. The van der Waals surface area contributed by atoms with Crippen molar-refractivity contribution in [3.05, 3.63) is 127 Å². The Bertz CT molecular complexity index is 1760. The Hall–Kier alpha value is -4.56. The second-order valence-electron chi connectivity index (χ2n) is 8.65. The van der Waals surface area contributed by atoms with Gasteiger partial charge in [0, 0.05) is 27.8 Å². The van der Waals surface area contributed by atoms with Crippen LogP contribution in [0.15, 0.2) is 132 Å². The van der Waals surface area contributed by atoms with Gasteiger partial charge in [-0.25, -0.2) is 0 Å². The van der Waals surface area contributed by atoms with E-state index in [0.29, 0.717) is 0 Å². The molecule has 0 bridgehead atoms. The first-order valence-electron chi connectivity index (χ1n) is 11.5. The summed E-state index contributed by atoms with van der Waals surface area (Å²) in [4.78, 5) is 2.30. The first-order chi connectivity index (χ1) is 16.8. The van der Waals surface area contributed by atoms with Gasteiger partial charge in [0.15, 0.2) is 0 Å². The Morgan fingerprint density at radius 2 is 1.00 bits per heavy atom. The van der Waals surface area contributed by atoms with Gasteiger partial charge in [-0.05, 0) is 76.1 Å². The zero-order valence-electron chi connectivity index (χ0n) is 18.5. The van der Waals surface area contributed by atoms with Gasteiger partial charge in [-0.3, -0.25) is 0 Å². The van der Waals surface area contributed by atoms with Crippen LogP contribution in [0.25, 0.3) is 43.5 Å². The number of para-hydroxylation sites is 3. The third-order valence-corrected chi connectivity index (χ3v) is 6.61. The van der Waals surface area contributed by atoms with E-state index in [1.807, 2.05) is 12.1 Å². The Morgan fingerprint density at radius 1 is 0.382 bits per heavy atom. The number of rotatable bonds is 3. The number of benzene rings is 6. The fourth-order valence-electron chi connectivity index (χ4n) is 5.00. The quantitative estimate of drug-likeness (QED) is 0.257. The average Bonchev–Trinajstić information content (AvgIpc) is 3.26. The summed E-state index contributed by atoms with van der Waals surface area (Å²) in [5.74, 6) is 0. The topological polar surface area (TPSA) is 16.4 Å². The van der Waals surface area contributed by atoms with E-state index in [4.69, 9.17) is 4.42 Å². The predicted octanol–water partition coefficient (Wildman–Crippen LogP) is 9.36. The fourth-order valence-corrected chi connectivity index (χ4v) is 5.00. The number of anilines is 3. The van der Waals surface area contributed by atoms with Crippen molar-refractivity contribution in [1.82, 2.24) is 0 Å². The highest BCUT2D eigenvalue weighted by molar-refractivity contribution is 6.16. The molecule has 7 aromatic rings. The summed E-state index contributed by atoms with van der Waals surface area (Å²) in [6.45, 7) is 0. The van der Waals surface area contributed by atoms with Gasteiger partial charge in [-0.1, -0.05) is 72.8 Å². The lowest BCUT2D eigenvalue weighted by Crippen LogP contribution is -2.09. The molecular formula is C32H21NO. The molecule has 0 unspecified atom stereocenters. The second kappa shape index (κ2) is 7.50. The summed E-state index contributed by atoms with van der Waals surface area (Å²) in [5, 5.41) is 7.17. The minimum Gasteiger partial charge on any atom is -0.456 e. The van der Waals surface area contributed by atoms with Crippen molar-refractivity contribution in [1.29, 1.82) is 0 Å². The van der Waals surface area contributed by atoms with Crippen LogP contribution in [-0.4, -0.2) is 0 Å². The molecule has 34 heavy (non-hydrogen) atoms. The summed E-state index contributed by atoms with van der Waals surface area (Å²) >= 11 is 0. The van der Waals surface area contributed by atoms with Crippen molar-refractivity contribution in [3.8, 4) is 0 Å². The van der Waals surface area contributed by atoms with Gasteiger partial charge in [0.25, 0.3) is 0 Å². The molecule has 0 atom stereocenters. The van der Waals surface area contributed by atoms with Gasteiger partial charge in [-0.15, -0.1) is 0 Å². The van der Waals surface area contributed by atoms with Gasteiger partial charge >= 0.3 is 0 Å². The molecule has 0 amide bonds. The molecule has 0 aliphatic heterocycles. The van der Waals surface area contributed by atoms with E-state index in [1.54, 1.807) is 0 Å². The molecule has 0 fully saturated rings. The van der Waals surface area contributed by atoms with Crippen molar-refractivity contribution < 1.29 is 4.42 Å². The van der Waals surface area contributed by atoms with Crippen molar-refractivity contribution in [3.63, 3.8) is 0 Å². The first-order valence-corrected chi connectivity index (χ1v) is 11.5. The zero-order valence-corrected chi connectivity index (χ0v) is 18.5. The minimum absolute atomic E-state index is 0.926. The van der Waals surface area contributed by atoms with E-state index < -0.39 is 0 Å². The SMILES string of the molecule is c1ccc(N(c2ccccc2)c2ccc3ccc4cc5c(cc4c3c2)oc2ccccc25)cc1. The molecule has 0 spiro atoms. The molecule has 0 N–H and O–H groups in total. The van der Waals surface area contributed by atoms with Crippen LogP contribution in [0.3, 0.4) is 0 Å². The van der Waals surface area contributed by atoms with Crippen molar-refractivity contribution in [2.24, 2.45) is 0 Å². The maximum Gasteiger partial charge on any atom is 0.136 e. The number of fused-ring (bicyclic) bond motifs is 6. The molecule has 2 nitrogen and oxygen atoms in total. The summed E-state index contributed by atoms with van der Waals surface area (Å²) in [6, 6.07) is 44.9. The first kappa shape index (κ1) is 19.0. The zero-order chi connectivity index (χ0) is 22.5. The summed E-state index contributed by atoms with van der Waals surface area (Å²) in [5.41, 5.74) is 5.25. The normalized spacial score (nSPS) is 11.5. The lowest BCUT2D eigenvalue weighted by atomic mass is 9.99. The highest BCUT2D eigenvalue weighted by atomic mass is 16.3. The van der Waals surface area contributed by atoms with E-state index >= 15 is 0 Å². The molecule has 1 aromatic heterocycles. The minimum atomic E-state index is 0.926. The molecule has 1 heterocycles. The lowest BCUT2D eigenvalue weighted by Gasteiger charge is -2.25. The van der Waals surface area contributed by atoms with Gasteiger partial charge in [-0.2, -0.15) is 0 Å². The molecular weight excluding hydrogens is 414 g/mol. The average molecular weight is 436 g/mol. The van der Waals surface area contributed by atoms with Crippen LogP contribution >= 0.6 is 0 Å². The highest BCUT2D eigenvalue weighted by Crippen LogP contribution is 2.39. The molecule has 0 saturated carbocycles. The van der Waals surface area contributed by atoms with E-state index in [0.717, 1.165) is 39.0 Å². The molecule has 2 heteroatoms. The van der Waals surface area contributed by atoms with E-state index in [2.05, 4.69) is 120 Å². The largest absolute Gasteiger partial charge is 0.456 e. The lowest BCUT2D eigenvalue weighted by molar-refractivity contribution is 0.669. The third-order valence-electron chi connectivity index (χ3n) is 6.61. The van der Waals surface area contributed by atoms with Crippen LogP contribution in [0.5, 0.6) is 0 Å². The highest BCUT2D eigenvalue weighted by Gasteiger charge is 2.14. The Morgan fingerprint density at radius 3 is 1.76 bits per heavy atom. The monoisotopic (exact) mass is 435 g/mol. The van der Waals surface area contributed by atoms with Gasteiger partial charge in [0.1, 0.15) is 11.2 Å². The molecule has 6 aromatic carbocycles. The van der Waals surface area contributed by atoms with Crippen LogP contribution in [0.4, 0.5) is 17.1 Å². The Kier molecular flexibility index (Phi) is 4.18. The molecule has 0 saturated heterocycles. The summed E-state index contributed by atoms with van der Waals surface area (Å²) in [6.07, 6.45) is 0. The van der Waals surface area contributed by atoms with Gasteiger partial charge in [0.05, 0.1) is 0 Å². The van der Waals surface area contributed by atoms with E-state index in [1.165, 1.54) is 21.5 Å². The molecule has 7 rings (SSSR count). The van der Waals surface area contributed by atoms with Gasteiger partial charge in [0.2, 0.25) is 0 Å². The second-order valence-corrected chi connectivity index (χ2v) is 8.65. The number of hydrogen-bond donors (Lipinski definition) is 0. The number of hydrogen-bond acceptors (Lipinski definition) is 2. The van der Waals surface area contributed by atoms with Crippen molar-refractivity contribution in [2.75, 3.05) is 4.90 Å². The van der Waals surface area contributed by atoms with Crippen LogP contribution in [0, 0.1) is 0 Å². The number of nitrogens with zero attached hydrogens (tertiary/aromatic N) is 1. The third kappa shape index (κ3) is 2.96.